The van der Waals surface area contributed by atoms with Crippen molar-refractivity contribution in [2.24, 2.45) is 5.84 Å². The molecule has 0 bridgehead atoms. The second kappa shape index (κ2) is 3.31. The molecule has 1 heterocycles. The van der Waals surface area contributed by atoms with Crippen LogP contribution in [0.1, 0.15) is 6.42 Å². The van der Waals surface area contributed by atoms with Crippen LogP contribution in [0.5, 0.6) is 0 Å². The molecule has 1 aliphatic heterocycles. The number of nitrogens with zero attached hydrogens (tertiary/aromatic N) is 1. The highest BCUT2D eigenvalue weighted by atomic mass is 15.5. The van der Waals surface area contributed by atoms with E-state index in [9.17, 15) is 0 Å². The van der Waals surface area contributed by atoms with Crippen molar-refractivity contribution in [2.45, 2.75) is 12.0 Å². The van der Waals surface area contributed by atoms with E-state index in [4.69, 9.17) is 5.84 Å². The van der Waals surface area contributed by atoms with Gasteiger partial charge >= 0.3 is 0 Å². The van der Waals surface area contributed by atoms with Crippen LogP contribution < -0.4 is 5.84 Å². The molecule has 0 radical (unpaired) electrons. The summed E-state index contributed by atoms with van der Waals surface area (Å²) in [5.74, 6) is 5.86. The van der Waals surface area contributed by atoms with Gasteiger partial charge in [0.05, 0.1) is 0 Å². The molecule has 2 rings (SSSR count). The normalized spacial score (nSPS) is 29.5. The summed E-state index contributed by atoms with van der Waals surface area (Å²) in [6.07, 6.45) is 17.0. The molecule has 0 fully saturated rings. The van der Waals surface area contributed by atoms with Crippen molar-refractivity contribution in [3.8, 4) is 0 Å². The highest BCUT2D eigenvalue weighted by Crippen LogP contribution is 2.39. The number of hydrogen-bond donors (Lipinski definition) is 1. The Hall–Kier alpha value is -1.54. The summed E-state index contributed by atoms with van der Waals surface area (Å²) in [6.45, 7) is 3.65. The lowest BCUT2D eigenvalue weighted by molar-refractivity contribution is 0.194. The fraction of sp³-hybridized carbons (Fsp3) is 0.167. The molecule has 2 aliphatic rings. The maximum absolute atomic E-state index is 5.86. The minimum atomic E-state index is -0.103. The highest BCUT2D eigenvalue weighted by molar-refractivity contribution is 5.47. The first kappa shape index (κ1) is 9.03. The molecule has 72 valence electrons. The second-order valence-corrected chi connectivity index (χ2v) is 3.50. The summed E-state index contributed by atoms with van der Waals surface area (Å²) < 4.78 is 0. The quantitative estimate of drug-likeness (QED) is 0.528. The molecule has 1 spiro atoms. The molecule has 0 saturated carbocycles. The van der Waals surface area contributed by atoms with Crippen LogP contribution in [-0.4, -0.2) is 10.5 Å². The van der Waals surface area contributed by atoms with Crippen LogP contribution in [-0.2, 0) is 0 Å². The molecular weight excluding hydrogens is 172 g/mol. The van der Waals surface area contributed by atoms with Gasteiger partial charge in [-0.05, 0) is 6.42 Å². The summed E-state index contributed by atoms with van der Waals surface area (Å²) in [6, 6.07) is 0. The van der Waals surface area contributed by atoms with Crippen molar-refractivity contribution in [3.63, 3.8) is 0 Å². The average Bonchev–Trinajstić information content (AvgIpc) is 2.25. The van der Waals surface area contributed by atoms with Gasteiger partial charge < -0.3 is 5.01 Å². The van der Waals surface area contributed by atoms with Gasteiger partial charge in [-0.2, -0.15) is 0 Å². The number of allylic oxidation sites excluding steroid dienone is 4. The Balaban J connectivity index is 2.25. The third-order valence-electron chi connectivity index (χ3n) is 2.70. The molecule has 0 amide bonds. The lowest BCUT2D eigenvalue weighted by Crippen LogP contribution is -2.56. The Labute approximate surface area is 84.4 Å². The number of rotatable bonds is 2. The van der Waals surface area contributed by atoms with Gasteiger partial charge in [0.25, 0.3) is 0 Å². The predicted octanol–water partition coefficient (Wildman–Crippen LogP) is 2.06. The van der Waals surface area contributed by atoms with Crippen molar-refractivity contribution in [2.75, 3.05) is 0 Å². The summed E-state index contributed by atoms with van der Waals surface area (Å²) in [5.41, 5.74) is 1.13. The van der Waals surface area contributed by atoms with Crippen LogP contribution in [0.3, 0.4) is 0 Å². The fourth-order valence-electron chi connectivity index (χ4n) is 1.83. The zero-order chi connectivity index (χ0) is 10.0. The van der Waals surface area contributed by atoms with E-state index in [-0.39, 0.29) is 5.54 Å². The van der Waals surface area contributed by atoms with Gasteiger partial charge in [0.15, 0.2) is 0 Å². The number of nitrogens with two attached hydrogens (primary N) is 1. The lowest BCUT2D eigenvalue weighted by atomic mass is 9.78. The minimum Gasteiger partial charge on any atom is -0.303 e. The van der Waals surface area contributed by atoms with E-state index in [0.29, 0.717) is 0 Å². The zero-order valence-electron chi connectivity index (χ0n) is 8.06. The van der Waals surface area contributed by atoms with Gasteiger partial charge in [0.1, 0.15) is 5.54 Å². The van der Waals surface area contributed by atoms with E-state index < -0.39 is 0 Å². The molecule has 1 atom stereocenters. The van der Waals surface area contributed by atoms with Crippen molar-refractivity contribution in [3.05, 3.63) is 60.9 Å². The smallest absolute Gasteiger partial charge is 0.103 e. The maximum Gasteiger partial charge on any atom is 0.103 e. The zero-order valence-corrected chi connectivity index (χ0v) is 8.06. The average molecular weight is 186 g/mol. The predicted molar refractivity (Wildman–Crippen MR) is 59.1 cm³/mol. The minimum absolute atomic E-state index is 0.103. The van der Waals surface area contributed by atoms with Crippen molar-refractivity contribution < 1.29 is 0 Å². The molecule has 0 aromatic heterocycles. The Bertz CT molecular complexity index is 361. The maximum atomic E-state index is 5.86. The van der Waals surface area contributed by atoms with Gasteiger partial charge in [-0.25, -0.2) is 5.84 Å². The van der Waals surface area contributed by atoms with E-state index in [0.717, 1.165) is 6.42 Å². The van der Waals surface area contributed by atoms with Crippen LogP contribution in [0.4, 0.5) is 0 Å². The van der Waals surface area contributed by atoms with Crippen LogP contribution in [0.25, 0.3) is 0 Å². The second-order valence-electron chi connectivity index (χ2n) is 3.50. The molecule has 2 heteroatoms. The topological polar surface area (TPSA) is 29.3 Å². The first-order chi connectivity index (χ1) is 6.79. The van der Waals surface area contributed by atoms with Crippen LogP contribution in [0, 0.1) is 0 Å². The van der Waals surface area contributed by atoms with E-state index in [2.05, 4.69) is 24.8 Å². The fourth-order valence-corrected chi connectivity index (χ4v) is 1.83. The summed E-state index contributed by atoms with van der Waals surface area (Å²) in [5, 5.41) is 1.76. The van der Waals surface area contributed by atoms with E-state index in [1.165, 1.54) is 5.57 Å². The van der Waals surface area contributed by atoms with Crippen molar-refractivity contribution in [1.29, 1.82) is 0 Å². The summed E-state index contributed by atoms with van der Waals surface area (Å²) in [4.78, 5) is 0. The molecule has 2 N–H and O–H groups in total. The number of hydrogen-bond acceptors (Lipinski definition) is 2. The van der Waals surface area contributed by atoms with Gasteiger partial charge in [0.2, 0.25) is 0 Å². The Kier molecular flexibility index (Phi) is 2.14. The molecule has 0 aromatic rings. The first-order valence-electron chi connectivity index (χ1n) is 4.69. The molecular formula is C12H14N2. The molecule has 14 heavy (non-hydrogen) atoms. The highest BCUT2D eigenvalue weighted by Gasteiger charge is 2.41. The van der Waals surface area contributed by atoms with Crippen LogP contribution in [0.15, 0.2) is 60.9 Å². The molecule has 0 aromatic carbocycles. The first-order valence-corrected chi connectivity index (χ1v) is 4.69. The molecule has 2 nitrogen and oxygen atoms in total. The van der Waals surface area contributed by atoms with E-state index in [1.807, 2.05) is 24.4 Å². The lowest BCUT2D eigenvalue weighted by Gasteiger charge is -2.47. The van der Waals surface area contributed by atoms with Crippen molar-refractivity contribution >= 4 is 0 Å². The third-order valence-corrected chi connectivity index (χ3v) is 2.70. The summed E-state index contributed by atoms with van der Waals surface area (Å²) in [7, 11) is 0. The Morgan fingerprint density at radius 1 is 1.50 bits per heavy atom. The molecule has 1 unspecified atom stereocenters. The van der Waals surface area contributed by atoms with E-state index >= 15 is 0 Å². The van der Waals surface area contributed by atoms with Gasteiger partial charge in [0, 0.05) is 11.8 Å². The Morgan fingerprint density at radius 3 is 2.93 bits per heavy atom. The molecule has 1 aliphatic carbocycles. The standard InChI is InChI=1S/C12H14N2/c1-2-3-7-11-10-14(13)12(11)8-5-4-6-9-12/h2-8,10H,1,9,13H2/b7-3-. The van der Waals surface area contributed by atoms with Gasteiger partial charge in [-0.15, -0.1) is 0 Å². The van der Waals surface area contributed by atoms with Crippen molar-refractivity contribution in [1.82, 2.24) is 5.01 Å². The van der Waals surface area contributed by atoms with E-state index in [1.54, 1.807) is 11.1 Å². The third kappa shape index (κ3) is 1.16. The largest absolute Gasteiger partial charge is 0.303 e. The van der Waals surface area contributed by atoms with Crippen LogP contribution in [0.2, 0.25) is 0 Å². The van der Waals surface area contributed by atoms with Gasteiger partial charge in [-0.1, -0.05) is 49.1 Å². The Morgan fingerprint density at radius 2 is 2.36 bits per heavy atom. The number of hydrazine groups is 1. The molecule has 0 saturated heterocycles. The SMILES string of the molecule is C=C/C=C\C1=CN(N)C12C=CC=CC2. The monoisotopic (exact) mass is 186 g/mol. The summed E-state index contributed by atoms with van der Waals surface area (Å²) >= 11 is 0. The van der Waals surface area contributed by atoms with Gasteiger partial charge in [-0.3, -0.25) is 0 Å². The van der Waals surface area contributed by atoms with Crippen LogP contribution >= 0.6 is 0 Å².